The first-order valence-corrected chi connectivity index (χ1v) is 8.51. The number of nitrogens with zero attached hydrogens (tertiary/aromatic N) is 1. The molecule has 0 amide bonds. The van der Waals surface area contributed by atoms with E-state index < -0.39 is 17.3 Å². The Morgan fingerprint density at radius 2 is 1.52 bits per heavy atom. The Kier molecular flexibility index (Phi) is 5.09. The topological polar surface area (TPSA) is 23.5 Å². The van der Waals surface area contributed by atoms with E-state index in [-0.39, 0.29) is 0 Å². The first-order valence-electron chi connectivity index (χ1n) is 8.13. The second-order valence-corrected chi connectivity index (χ2v) is 6.95. The van der Waals surface area contributed by atoms with Gasteiger partial charge < -0.3 is 5.11 Å². The minimum Gasteiger partial charge on any atom is -0.385 e. The lowest BCUT2D eigenvalue weighted by Crippen LogP contribution is -2.42. The Morgan fingerprint density at radius 3 is 2.04 bits per heavy atom. The van der Waals surface area contributed by atoms with Gasteiger partial charge >= 0.3 is 6.18 Å². The van der Waals surface area contributed by atoms with Crippen LogP contribution in [-0.4, -0.2) is 23.1 Å². The molecule has 2 nitrogen and oxygen atoms in total. The molecule has 6 heteroatoms. The van der Waals surface area contributed by atoms with E-state index in [1.165, 1.54) is 12.1 Å². The zero-order valence-electron chi connectivity index (χ0n) is 13.6. The lowest BCUT2D eigenvalue weighted by molar-refractivity contribution is -0.137. The molecule has 0 radical (unpaired) electrons. The van der Waals surface area contributed by atoms with Crippen molar-refractivity contribution in [3.8, 4) is 0 Å². The monoisotopic (exact) mass is 369 g/mol. The minimum absolute atomic E-state index is 0.578. The van der Waals surface area contributed by atoms with Gasteiger partial charge in [-0.1, -0.05) is 35.9 Å². The molecule has 0 atom stereocenters. The van der Waals surface area contributed by atoms with Crippen molar-refractivity contribution in [1.82, 2.24) is 4.90 Å². The average Bonchev–Trinajstić information content (AvgIpc) is 2.57. The molecular formula is C19H19ClF3NO. The van der Waals surface area contributed by atoms with Crippen LogP contribution in [0.25, 0.3) is 0 Å². The van der Waals surface area contributed by atoms with E-state index >= 15 is 0 Å². The highest BCUT2D eigenvalue weighted by molar-refractivity contribution is 6.30. The Balaban J connectivity index is 1.60. The summed E-state index contributed by atoms with van der Waals surface area (Å²) in [5, 5.41) is 11.5. The summed E-state index contributed by atoms with van der Waals surface area (Å²) in [6, 6.07) is 12.5. The predicted molar refractivity (Wildman–Crippen MR) is 91.3 cm³/mol. The van der Waals surface area contributed by atoms with Crippen LogP contribution in [0.5, 0.6) is 0 Å². The number of aliphatic hydroxyl groups is 1. The molecule has 0 aliphatic carbocycles. The number of hydrogen-bond acceptors (Lipinski definition) is 2. The number of likely N-dealkylation sites (tertiary alicyclic amines) is 1. The summed E-state index contributed by atoms with van der Waals surface area (Å²) < 4.78 is 37.8. The molecule has 1 aliphatic heterocycles. The molecule has 0 unspecified atom stereocenters. The molecule has 0 aromatic heterocycles. The first-order chi connectivity index (χ1) is 11.8. The quantitative estimate of drug-likeness (QED) is 0.836. The van der Waals surface area contributed by atoms with E-state index in [1.54, 1.807) is 12.1 Å². The average molecular weight is 370 g/mol. The Bertz CT molecular complexity index is 705. The molecule has 2 aromatic carbocycles. The fraction of sp³-hybridized carbons (Fsp3) is 0.368. The van der Waals surface area contributed by atoms with E-state index in [9.17, 15) is 18.3 Å². The van der Waals surface area contributed by atoms with Gasteiger partial charge in [0, 0.05) is 24.7 Å². The summed E-state index contributed by atoms with van der Waals surface area (Å²) in [4.78, 5) is 2.15. The zero-order chi connectivity index (χ0) is 18.1. The molecule has 2 aromatic rings. The van der Waals surface area contributed by atoms with Crippen molar-refractivity contribution >= 4 is 11.6 Å². The number of rotatable bonds is 3. The van der Waals surface area contributed by atoms with Crippen molar-refractivity contribution in [1.29, 1.82) is 0 Å². The molecule has 1 saturated heterocycles. The summed E-state index contributed by atoms with van der Waals surface area (Å²) >= 11 is 5.89. The molecule has 1 heterocycles. The van der Waals surface area contributed by atoms with Gasteiger partial charge in [0.1, 0.15) is 0 Å². The number of benzene rings is 2. The highest BCUT2D eigenvalue weighted by Crippen LogP contribution is 2.34. The maximum Gasteiger partial charge on any atom is 0.416 e. The molecule has 3 rings (SSSR count). The second-order valence-electron chi connectivity index (χ2n) is 6.51. The zero-order valence-corrected chi connectivity index (χ0v) is 14.3. The van der Waals surface area contributed by atoms with Crippen molar-refractivity contribution in [2.24, 2.45) is 0 Å². The van der Waals surface area contributed by atoms with E-state index in [0.29, 0.717) is 37.5 Å². The van der Waals surface area contributed by atoms with Crippen LogP contribution in [0.2, 0.25) is 5.02 Å². The van der Waals surface area contributed by atoms with Crippen LogP contribution in [0.3, 0.4) is 0 Å². The first kappa shape index (κ1) is 18.2. The number of piperidine rings is 1. The van der Waals surface area contributed by atoms with E-state index in [4.69, 9.17) is 11.6 Å². The molecular weight excluding hydrogens is 351 g/mol. The highest BCUT2D eigenvalue weighted by atomic mass is 35.5. The summed E-state index contributed by atoms with van der Waals surface area (Å²) in [5.74, 6) is 0. The molecule has 1 N–H and O–H groups in total. The molecule has 0 spiro atoms. The van der Waals surface area contributed by atoms with Crippen LogP contribution < -0.4 is 0 Å². The fourth-order valence-corrected chi connectivity index (χ4v) is 3.31. The molecule has 134 valence electrons. The van der Waals surface area contributed by atoms with Crippen LogP contribution >= 0.6 is 11.6 Å². The smallest absolute Gasteiger partial charge is 0.385 e. The van der Waals surface area contributed by atoms with Crippen molar-refractivity contribution < 1.29 is 18.3 Å². The van der Waals surface area contributed by atoms with Crippen molar-refractivity contribution in [3.63, 3.8) is 0 Å². The SMILES string of the molecule is OC1(c2ccc(Cl)cc2)CCN(Cc2ccc(C(F)(F)F)cc2)CC1. The Morgan fingerprint density at radius 1 is 0.960 bits per heavy atom. The summed E-state index contributed by atoms with van der Waals surface area (Å²) in [6.07, 6.45) is -3.15. The van der Waals surface area contributed by atoms with Gasteiger partial charge in [0.25, 0.3) is 0 Å². The Labute approximate surface area is 149 Å². The van der Waals surface area contributed by atoms with Crippen LogP contribution in [0.15, 0.2) is 48.5 Å². The van der Waals surface area contributed by atoms with Gasteiger partial charge in [0.2, 0.25) is 0 Å². The normalized spacial score (nSPS) is 18.3. The standard InChI is InChI=1S/C19H19ClF3NO/c20-17-7-5-15(6-8-17)18(25)9-11-24(12-10-18)13-14-1-3-16(4-2-14)19(21,22)23/h1-8,25H,9-13H2. The molecule has 1 fully saturated rings. The van der Waals surface area contributed by atoms with E-state index in [1.807, 2.05) is 12.1 Å². The van der Waals surface area contributed by atoms with Gasteiger partial charge in [-0.2, -0.15) is 13.2 Å². The van der Waals surface area contributed by atoms with Gasteiger partial charge in [0.15, 0.2) is 0 Å². The van der Waals surface area contributed by atoms with E-state index in [0.717, 1.165) is 23.3 Å². The Hall–Kier alpha value is -1.56. The maximum absolute atomic E-state index is 12.6. The number of halogens is 4. The summed E-state index contributed by atoms with van der Waals surface area (Å²) in [7, 11) is 0. The fourth-order valence-electron chi connectivity index (χ4n) is 3.19. The van der Waals surface area contributed by atoms with Crippen molar-refractivity contribution in [2.75, 3.05) is 13.1 Å². The lowest BCUT2D eigenvalue weighted by Gasteiger charge is -2.38. The van der Waals surface area contributed by atoms with Gasteiger partial charge in [-0.3, -0.25) is 4.90 Å². The number of hydrogen-bond donors (Lipinski definition) is 1. The second kappa shape index (κ2) is 6.98. The molecule has 0 bridgehead atoms. The van der Waals surface area contributed by atoms with Gasteiger partial charge in [-0.05, 0) is 48.2 Å². The molecule has 1 aliphatic rings. The molecule has 0 saturated carbocycles. The number of alkyl halides is 3. The maximum atomic E-state index is 12.6. The van der Waals surface area contributed by atoms with Gasteiger partial charge in [0.05, 0.1) is 11.2 Å². The summed E-state index contributed by atoms with van der Waals surface area (Å²) in [6.45, 7) is 1.94. The third-order valence-corrected chi connectivity index (χ3v) is 5.00. The van der Waals surface area contributed by atoms with Crippen LogP contribution in [0, 0.1) is 0 Å². The largest absolute Gasteiger partial charge is 0.416 e. The van der Waals surface area contributed by atoms with Gasteiger partial charge in [-0.15, -0.1) is 0 Å². The predicted octanol–water partition coefficient (Wildman–Crippen LogP) is 4.84. The highest BCUT2D eigenvalue weighted by Gasteiger charge is 2.34. The third kappa shape index (κ3) is 4.35. The van der Waals surface area contributed by atoms with Crippen LogP contribution in [0.4, 0.5) is 13.2 Å². The van der Waals surface area contributed by atoms with Crippen LogP contribution in [0.1, 0.15) is 29.5 Å². The lowest BCUT2D eigenvalue weighted by atomic mass is 9.84. The molecule has 25 heavy (non-hydrogen) atoms. The third-order valence-electron chi connectivity index (χ3n) is 4.75. The van der Waals surface area contributed by atoms with Crippen molar-refractivity contribution in [3.05, 3.63) is 70.2 Å². The van der Waals surface area contributed by atoms with Gasteiger partial charge in [-0.25, -0.2) is 0 Å². The van der Waals surface area contributed by atoms with Crippen LogP contribution in [-0.2, 0) is 18.3 Å². The minimum atomic E-state index is -4.31. The summed E-state index contributed by atoms with van der Waals surface area (Å²) in [5.41, 5.74) is 0.185. The van der Waals surface area contributed by atoms with E-state index in [2.05, 4.69) is 4.90 Å². The van der Waals surface area contributed by atoms with Crippen molar-refractivity contribution in [2.45, 2.75) is 31.2 Å².